The first-order valence-corrected chi connectivity index (χ1v) is 7.97. The summed E-state index contributed by atoms with van der Waals surface area (Å²) in [5.74, 6) is -1.13. The van der Waals surface area contributed by atoms with Crippen LogP contribution in [0.3, 0.4) is 0 Å². The van der Waals surface area contributed by atoms with Gasteiger partial charge < -0.3 is 10.6 Å². The third-order valence-corrected chi connectivity index (χ3v) is 5.34. The number of carbonyl (C=O) groups is 1. The molecule has 0 radical (unpaired) electrons. The van der Waals surface area contributed by atoms with Crippen LogP contribution in [0.25, 0.3) is 0 Å². The topological polar surface area (TPSA) is 83.7 Å². The molecule has 2 N–H and O–H groups in total. The highest BCUT2D eigenvalue weighted by atomic mass is 32.2. The Bertz CT molecular complexity index is 675. The maximum absolute atomic E-state index is 14.2. The van der Waals surface area contributed by atoms with Gasteiger partial charge in [-0.05, 0) is 31.0 Å². The predicted molar refractivity (Wildman–Crippen MR) is 76.6 cm³/mol. The Balaban J connectivity index is 2.45. The van der Waals surface area contributed by atoms with Gasteiger partial charge >= 0.3 is 0 Å². The average molecular weight is 315 g/mol. The van der Waals surface area contributed by atoms with Gasteiger partial charge in [0.2, 0.25) is 15.9 Å². The Morgan fingerprint density at radius 1 is 1.29 bits per heavy atom. The lowest BCUT2D eigenvalue weighted by Crippen LogP contribution is -2.38. The first-order valence-electron chi connectivity index (χ1n) is 6.53. The number of rotatable bonds is 2. The number of benzene rings is 1. The van der Waals surface area contributed by atoms with Crippen molar-refractivity contribution in [2.45, 2.75) is 18.2 Å². The average Bonchev–Trinajstić information content (AvgIpc) is 2.56. The van der Waals surface area contributed by atoms with Crippen molar-refractivity contribution in [3.63, 3.8) is 0 Å². The van der Waals surface area contributed by atoms with Crippen molar-refractivity contribution < 1.29 is 17.6 Å². The van der Waals surface area contributed by atoms with Crippen molar-refractivity contribution >= 4 is 21.6 Å². The minimum absolute atomic E-state index is 0.159. The number of hydrogen-bond acceptors (Lipinski definition) is 4. The van der Waals surface area contributed by atoms with E-state index in [0.717, 1.165) is 10.4 Å². The zero-order valence-electron chi connectivity index (χ0n) is 12.0. The number of nitrogens with zero attached hydrogens (tertiary/aromatic N) is 2. The molecule has 0 saturated carbocycles. The number of nitrogens with two attached hydrogens (primary N) is 1. The van der Waals surface area contributed by atoms with Crippen LogP contribution in [0.15, 0.2) is 17.0 Å². The molecule has 1 aromatic carbocycles. The van der Waals surface area contributed by atoms with Crippen LogP contribution in [-0.4, -0.2) is 50.2 Å². The SMILES string of the molecule is Cc1cc(N)cc(S(=O)(=O)N2CCCN(C)C(=O)C2)c1F. The van der Waals surface area contributed by atoms with Gasteiger partial charge in [0.15, 0.2) is 0 Å². The van der Waals surface area contributed by atoms with E-state index in [1.807, 2.05) is 0 Å². The fraction of sp³-hybridized carbons (Fsp3) is 0.462. The van der Waals surface area contributed by atoms with Gasteiger partial charge in [-0.15, -0.1) is 0 Å². The molecule has 1 aliphatic heterocycles. The summed E-state index contributed by atoms with van der Waals surface area (Å²) in [6.07, 6.45) is 0.504. The van der Waals surface area contributed by atoms with Crippen LogP contribution in [0.1, 0.15) is 12.0 Å². The van der Waals surface area contributed by atoms with Crippen LogP contribution in [0.5, 0.6) is 0 Å². The minimum Gasteiger partial charge on any atom is -0.399 e. The number of anilines is 1. The van der Waals surface area contributed by atoms with Gasteiger partial charge in [-0.1, -0.05) is 0 Å². The summed E-state index contributed by atoms with van der Waals surface area (Å²) >= 11 is 0. The van der Waals surface area contributed by atoms with E-state index in [2.05, 4.69) is 0 Å². The van der Waals surface area contributed by atoms with Crippen LogP contribution in [-0.2, 0) is 14.8 Å². The lowest BCUT2D eigenvalue weighted by Gasteiger charge is -2.20. The monoisotopic (exact) mass is 315 g/mol. The zero-order valence-corrected chi connectivity index (χ0v) is 12.8. The standard InChI is InChI=1S/C13H18FN3O3S/c1-9-6-10(15)7-11(13(9)14)21(19,20)17-5-3-4-16(2)12(18)8-17/h6-7H,3-5,8,15H2,1-2H3. The maximum Gasteiger partial charge on any atom is 0.246 e. The number of aryl methyl sites for hydroxylation is 1. The van der Waals surface area contributed by atoms with Gasteiger partial charge in [0, 0.05) is 25.8 Å². The van der Waals surface area contributed by atoms with Gasteiger partial charge in [-0.25, -0.2) is 12.8 Å². The Labute approximate surface area is 123 Å². The van der Waals surface area contributed by atoms with Gasteiger partial charge in [0.05, 0.1) is 6.54 Å². The second-order valence-corrected chi connectivity index (χ2v) is 7.06. The van der Waals surface area contributed by atoms with Gasteiger partial charge in [0.25, 0.3) is 0 Å². The molecule has 1 aromatic rings. The molecule has 0 aromatic heterocycles. The van der Waals surface area contributed by atoms with E-state index in [-0.39, 0.29) is 30.2 Å². The van der Waals surface area contributed by atoms with E-state index in [4.69, 9.17) is 5.73 Å². The fourth-order valence-corrected chi connectivity index (χ4v) is 3.86. The smallest absolute Gasteiger partial charge is 0.246 e. The van der Waals surface area contributed by atoms with Crippen LogP contribution in [0.4, 0.5) is 10.1 Å². The molecule has 1 saturated heterocycles. The highest BCUT2D eigenvalue weighted by molar-refractivity contribution is 7.89. The van der Waals surface area contributed by atoms with Crippen molar-refractivity contribution in [2.24, 2.45) is 0 Å². The highest BCUT2D eigenvalue weighted by Crippen LogP contribution is 2.25. The van der Waals surface area contributed by atoms with Crippen molar-refractivity contribution in [3.8, 4) is 0 Å². The lowest BCUT2D eigenvalue weighted by molar-refractivity contribution is -0.129. The Morgan fingerprint density at radius 3 is 2.62 bits per heavy atom. The number of halogens is 1. The molecule has 0 spiro atoms. The molecule has 1 fully saturated rings. The van der Waals surface area contributed by atoms with Crippen molar-refractivity contribution in [2.75, 3.05) is 32.4 Å². The number of nitrogen functional groups attached to an aromatic ring is 1. The van der Waals surface area contributed by atoms with Crippen LogP contribution >= 0.6 is 0 Å². The number of carbonyl (C=O) groups excluding carboxylic acids is 1. The van der Waals surface area contributed by atoms with E-state index in [9.17, 15) is 17.6 Å². The summed E-state index contributed by atoms with van der Waals surface area (Å²) in [6.45, 7) is 1.81. The van der Waals surface area contributed by atoms with Crippen molar-refractivity contribution in [1.82, 2.24) is 9.21 Å². The minimum atomic E-state index is -4.09. The second-order valence-electron chi connectivity index (χ2n) is 5.16. The van der Waals surface area contributed by atoms with Crippen LogP contribution < -0.4 is 5.73 Å². The summed E-state index contributed by atoms with van der Waals surface area (Å²) in [7, 11) is -2.47. The molecule has 0 atom stereocenters. The maximum atomic E-state index is 14.2. The molecule has 116 valence electrons. The Hall–Kier alpha value is -1.67. The molecule has 1 aliphatic rings. The largest absolute Gasteiger partial charge is 0.399 e. The van der Waals surface area contributed by atoms with E-state index in [0.29, 0.717) is 13.0 Å². The molecule has 21 heavy (non-hydrogen) atoms. The third kappa shape index (κ3) is 3.01. The predicted octanol–water partition coefficient (Wildman–Crippen LogP) is 0.569. The lowest BCUT2D eigenvalue weighted by atomic mass is 10.2. The van der Waals surface area contributed by atoms with Crippen LogP contribution in [0.2, 0.25) is 0 Å². The number of hydrogen-bond donors (Lipinski definition) is 1. The quantitative estimate of drug-likeness (QED) is 0.809. The van der Waals surface area contributed by atoms with E-state index < -0.39 is 20.7 Å². The van der Waals surface area contributed by atoms with Crippen molar-refractivity contribution in [3.05, 3.63) is 23.5 Å². The molecular weight excluding hydrogens is 297 g/mol. The molecule has 2 rings (SSSR count). The fourth-order valence-electron chi connectivity index (χ4n) is 2.26. The van der Waals surface area contributed by atoms with E-state index in [1.165, 1.54) is 17.9 Å². The first-order chi connectivity index (χ1) is 9.73. The molecule has 0 bridgehead atoms. The summed E-state index contributed by atoms with van der Waals surface area (Å²) < 4.78 is 40.3. The van der Waals surface area contributed by atoms with E-state index in [1.54, 1.807) is 7.05 Å². The number of amides is 1. The van der Waals surface area contributed by atoms with Crippen molar-refractivity contribution in [1.29, 1.82) is 0 Å². The number of likely N-dealkylation sites (N-methyl/N-ethyl adjacent to an activating group) is 1. The normalized spacial score (nSPS) is 17.9. The Morgan fingerprint density at radius 2 is 1.95 bits per heavy atom. The van der Waals surface area contributed by atoms with Crippen LogP contribution in [0, 0.1) is 12.7 Å². The molecule has 0 unspecified atom stereocenters. The summed E-state index contributed by atoms with van der Waals surface area (Å²) in [5, 5.41) is 0. The molecule has 1 heterocycles. The second kappa shape index (κ2) is 5.61. The van der Waals surface area contributed by atoms with Gasteiger partial charge in [0.1, 0.15) is 10.7 Å². The summed E-state index contributed by atoms with van der Waals surface area (Å²) in [4.78, 5) is 12.8. The summed E-state index contributed by atoms with van der Waals surface area (Å²) in [6, 6.07) is 2.46. The highest BCUT2D eigenvalue weighted by Gasteiger charge is 2.32. The molecule has 6 nitrogen and oxygen atoms in total. The Kier molecular flexibility index (Phi) is 4.20. The van der Waals surface area contributed by atoms with E-state index >= 15 is 0 Å². The molecule has 8 heteroatoms. The van der Waals surface area contributed by atoms with Gasteiger partial charge in [-0.3, -0.25) is 4.79 Å². The number of sulfonamides is 1. The molecule has 1 amide bonds. The molecule has 0 aliphatic carbocycles. The first kappa shape index (κ1) is 15.7. The van der Waals surface area contributed by atoms with Gasteiger partial charge in [-0.2, -0.15) is 4.31 Å². The third-order valence-electron chi connectivity index (χ3n) is 3.50. The zero-order chi connectivity index (χ0) is 15.8. The summed E-state index contributed by atoms with van der Waals surface area (Å²) in [5.41, 5.74) is 5.94. The molecular formula is C13H18FN3O3S.